The number of nitrogens with zero attached hydrogens (tertiary/aromatic N) is 3. The molecule has 0 aliphatic heterocycles. The van der Waals surface area contributed by atoms with Crippen LogP contribution in [0.3, 0.4) is 0 Å². The SMILES string of the molecule is CCc1cnn2[c]cc(Cl)nc12. The zero-order valence-electron chi connectivity index (χ0n) is 6.58. The van der Waals surface area contributed by atoms with Crippen LogP contribution in [0, 0.1) is 6.20 Å². The van der Waals surface area contributed by atoms with E-state index in [-0.39, 0.29) is 0 Å². The number of hydrogen-bond donors (Lipinski definition) is 0. The highest BCUT2D eigenvalue weighted by atomic mass is 35.5. The average molecular weight is 181 g/mol. The third kappa shape index (κ3) is 1.06. The first kappa shape index (κ1) is 7.55. The van der Waals surface area contributed by atoms with Gasteiger partial charge < -0.3 is 0 Å². The van der Waals surface area contributed by atoms with E-state index in [9.17, 15) is 0 Å². The minimum atomic E-state index is 0.456. The minimum Gasteiger partial charge on any atom is -0.217 e. The summed E-state index contributed by atoms with van der Waals surface area (Å²) >= 11 is 5.72. The Morgan fingerprint density at radius 2 is 2.50 bits per heavy atom. The highest BCUT2D eigenvalue weighted by molar-refractivity contribution is 6.29. The van der Waals surface area contributed by atoms with Gasteiger partial charge in [-0.2, -0.15) is 5.10 Å². The summed E-state index contributed by atoms with van der Waals surface area (Å²) in [6.45, 7) is 2.06. The quantitative estimate of drug-likeness (QED) is 0.626. The van der Waals surface area contributed by atoms with Gasteiger partial charge in [0.05, 0.1) is 12.4 Å². The summed E-state index contributed by atoms with van der Waals surface area (Å²) in [4.78, 5) is 4.14. The van der Waals surface area contributed by atoms with Crippen LogP contribution >= 0.6 is 11.6 Å². The highest BCUT2D eigenvalue weighted by Gasteiger charge is 2.03. The first-order valence-electron chi connectivity index (χ1n) is 3.72. The molecule has 0 aliphatic carbocycles. The van der Waals surface area contributed by atoms with E-state index in [4.69, 9.17) is 11.6 Å². The zero-order valence-corrected chi connectivity index (χ0v) is 7.34. The van der Waals surface area contributed by atoms with E-state index >= 15 is 0 Å². The lowest BCUT2D eigenvalue weighted by atomic mass is 10.3. The molecule has 2 rings (SSSR count). The van der Waals surface area contributed by atoms with Crippen LogP contribution in [0.25, 0.3) is 5.65 Å². The smallest absolute Gasteiger partial charge is 0.160 e. The number of fused-ring (bicyclic) bond motifs is 1. The lowest BCUT2D eigenvalue weighted by Gasteiger charge is -1.93. The molecule has 61 valence electrons. The number of rotatable bonds is 1. The van der Waals surface area contributed by atoms with Crippen LogP contribution in [0.4, 0.5) is 0 Å². The van der Waals surface area contributed by atoms with Crippen molar-refractivity contribution in [3.8, 4) is 0 Å². The van der Waals surface area contributed by atoms with Gasteiger partial charge in [-0.25, -0.2) is 9.50 Å². The Hall–Kier alpha value is -1.09. The largest absolute Gasteiger partial charge is 0.217 e. The normalized spacial score (nSPS) is 10.8. The van der Waals surface area contributed by atoms with Crippen molar-refractivity contribution in [2.45, 2.75) is 13.3 Å². The second-order valence-corrected chi connectivity index (χ2v) is 2.85. The molecule has 0 aromatic carbocycles. The lowest BCUT2D eigenvalue weighted by Crippen LogP contribution is -1.90. The molecule has 0 atom stereocenters. The van der Waals surface area contributed by atoms with Gasteiger partial charge in [-0.3, -0.25) is 0 Å². The van der Waals surface area contributed by atoms with Gasteiger partial charge in [-0.15, -0.1) is 0 Å². The molecule has 0 unspecified atom stereocenters. The number of hydrogen-bond acceptors (Lipinski definition) is 2. The maximum Gasteiger partial charge on any atom is 0.160 e. The van der Waals surface area contributed by atoms with Gasteiger partial charge in [0.2, 0.25) is 0 Å². The third-order valence-electron chi connectivity index (χ3n) is 1.72. The van der Waals surface area contributed by atoms with Crippen LogP contribution in [0.5, 0.6) is 0 Å². The van der Waals surface area contributed by atoms with Crippen LogP contribution < -0.4 is 0 Å². The van der Waals surface area contributed by atoms with Gasteiger partial charge in [0.15, 0.2) is 5.65 Å². The molecule has 2 aromatic heterocycles. The monoisotopic (exact) mass is 180 g/mol. The molecule has 1 radical (unpaired) electrons. The van der Waals surface area contributed by atoms with Crippen molar-refractivity contribution in [3.05, 3.63) is 29.2 Å². The molecule has 0 N–H and O–H groups in total. The van der Waals surface area contributed by atoms with Crippen molar-refractivity contribution >= 4 is 17.2 Å². The Morgan fingerprint density at radius 1 is 1.67 bits per heavy atom. The first-order valence-corrected chi connectivity index (χ1v) is 4.10. The van der Waals surface area contributed by atoms with E-state index in [2.05, 4.69) is 23.2 Å². The lowest BCUT2D eigenvalue weighted by molar-refractivity contribution is 0.931. The Bertz CT molecular complexity index is 408. The van der Waals surface area contributed by atoms with Crippen LogP contribution in [0.1, 0.15) is 12.5 Å². The highest BCUT2D eigenvalue weighted by Crippen LogP contribution is 2.11. The number of halogens is 1. The summed E-state index contributed by atoms with van der Waals surface area (Å²) in [5.74, 6) is 0. The zero-order chi connectivity index (χ0) is 8.55. The number of aryl methyl sites for hydroxylation is 1. The average Bonchev–Trinajstić information content (AvgIpc) is 2.46. The van der Waals surface area contributed by atoms with Crippen molar-refractivity contribution in [2.24, 2.45) is 0 Å². The molecule has 2 aromatic rings. The van der Waals surface area contributed by atoms with Crippen molar-refractivity contribution in [2.75, 3.05) is 0 Å². The Kier molecular flexibility index (Phi) is 1.73. The summed E-state index contributed by atoms with van der Waals surface area (Å²) in [5.41, 5.74) is 1.89. The van der Waals surface area contributed by atoms with Crippen molar-refractivity contribution in [3.63, 3.8) is 0 Å². The molecule has 0 saturated heterocycles. The van der Waals surface area contributed by atoms with Gasteiger partial charge in [0.25, 0.3) is 0 Å². The van der Waals surface area contributed by atoms with E-state index in [0.29, 0.717) is 5.15 Å². The molecule has 0 aliphatic rings. The molecule has 2 heterocycles. The van der Waals surface area contributed by atoms with Gasteiger partial charge in [-0.05, 0) is 6.42 Å². The molecule has 0 saturated carbocycles. The molecule has 0 fully saturated rings. The summed E-state index contributed by atoms with van der Waals surface area (Å²) in [7, 11) is 0. The van der Waals surface area contributed by atoms with Crippen LogP contribution in [-0.4, -0.2) is 14.6 Å². The standard InChI is InChI=1S/C8H7ClN3/c1-2-6-5-10-12-4-3-7(9)11-8(6)12/h3,5H,2H2,1H3. The van der Waals surface area contributed by atoms with E-state index in [0.717, 1.165) is 17.6 Å². The van der Waals surface area contributed by atoms with E-state index < -0.39 is 0 Å². The fraction of sp³-hybridized carbons (Fsp3) is 0.250. The summed E-state index contributed by atoms with van der Waals surface area (Å²) < 4.78 is 1.60. The molecule has 4 heteroatoms. The Morgan fingerprint density at radius 3 is 3.25 bits per heavy atom. The van der Waals surface area contributed by atoms with Crippen molar-refractivity contribution in [1.29, 1.82) is 0 Å². The Labute approximate surface area is 75.0 Å². The summed E-state index contributed by atoms with van der Waals surface area (Å²) in [6.07, 6.45) is 5.58. The van der Waals surface area contributed by atoms with Crippen LogP contribution in [0.15, 0.2) is 12.3 Å². The van der Waals surface area contributed by atoms with Gasteiger partial charge in [-0.1, -0.05) is 18.5 Å². The molecule has 3 nitrogen and oxygen atoms in total. The predicted molar refractivity (Wildman–Crippen MR) is 46.2 cm³/mol. The van der Waals surface area contributed by atoms with Crippen LogP contribution in [-0.2, 0) is 6.42 Å². The second kappa shape index (κ2) is 2.75. The maximum absolute atomic E-state index is 5.72. The van der Waals surface area contributed by atoms with E-state index in [1.807, 2.05) is 0 Å². The van der Waals surface area contributed by atoms with E-state index in [1.165, 1.54) is 0 Å². The van der Waals surface area contributed by atoms with Crippen molar-refractivity contribution < 1.29 is 0 Å². The van der Waals surface area contributed by atoms with E-state index in [1.54, 1.807) is 16.8 Å². The fourth-order valence-electron chi connectivity index (χ4n) is 1.09. The topological polar surface area (TPSA) is 30.2 Å². The van der Waals surface area contributed by atoms with Gasteiger partial charge in [0, 0.05) is 11.6 Å². The van der Waals surface area contributed by atoms with Gasteiger partial charge in [0.1, 0.15) is 5.15 Å². The molecular weight excluding hydrogens is 174 g/mol. The molecule has 0 bridgehead atoms. The number of aromatic nitrogens is 3. The second-order valence-electron chi connectivity index (χ2n) is 2.47. The maximum atomic E-state index is 5.72. The molecular formula is C8H7ClN3. The Balaban J connectivity index is 2.75. The minimum absolute atomic E-state index is 0.456. The molecule has 0 spiro atoms. The molecule has 12 heavy (non-hydrogen) atoms. The fourth-order valence-corrected chi connectivity index (χ4v) is 1.22. The van der Waals surface area contributed by atoms with Gasteiger partial charge >= 0.3 is 0 Å². The van der Waals surface area contributed by atoms with Crippen molar-refractivity contribution in [1.82, 2.24) is 14.6 Å². The molecule has 0 amide bonds. The van der Waals surface area contributed by atoms with Crippen LogP contribution in [0.2, 0.25) is 5.15 Å². The first-order chi connectivity index (χ1) is 5.81. The summed E-state index contributed by atoms with van der Waals surface area (Å²) in [6, 6.07) is 1.60. The summed E-state index contributed by atoms with van der Waals surface area (Å²) in [5, 5.41) is 4.53. The predicted octanol–water partition coefficient (Wildman–Crippen LogP) is 1.75. The third-order valence-corrected chi connectivity index (χ3v) is 1.91.